The Bertz CT molecular complexity index is 617. The highest BCUT2D eigenvalue weighted by Crippen LogP contribution is 2.36. The molecule has 0 aliphatic rings. The standard InChI is InChI=1S/C18H28N2O2/c1-5-21-17-10-15-14(8-7-9-19)12-20(13(3)4)16(15)11-18(17)22-6-2/h10-13H,5-9,19H2,1-4H3. The van der Waals surface area contributed by atoms with Gasteiger partial charge in [0.25, 0.3) is 0 Å². The average molecular weight is 304 g/mol. The van der Waals surface area contributed by atoms with E-state index in [9.17, 15) is 0 Å². The molecule has 0 aliphatic carbocycles. The number of nitrogens with zero attached hydrogens (tertiary/aromatic N) is 1. The van der Waals surface area contributed by atoms with Crippen molar-refractivity contribution in [3.8, 4) is 11.5 Å². The molecule has 22 heavy (non-hydrogen) atoms. The number of benzene rings is 1. The maximum Gasteiger partial charge on any atom is 0.163 e. The van der Waals surface area contributed by atoms with Gasteiger partial charge in [-0.15, -0.1) is 0 Å². The number of aromatic nitrogens is 1. The zero-order valence-corrected chi connectivity index (χ0v) is 14.2. The minimum Gasteiger partial charge on any atom is -0.490 e. The van der Waals surface area contributed by atoms with Crippen molar-refractivity contribution < 1.29 is 9.47 Å². The maximum absolute atomic E-state index is 5.77. The molecule has 122 valence electrons. The van der Waals surface area contributed by atoms with Gasteiger partial charge in [0.15, 0.2) is 11.5 Å². The second kappa shape index (κ2) is 7.54. The summed E-state index contributed by atoms with van der Waals surface area (Å²) in [4.78, 5) is 0. The second-order valence-electron chi connectivity index (χ2n) is 5.73. The highest BCUT2D eigenvalue weighted by atomic mass is 16.5. The van der Waals surface area contributed by atoms with E-state index in [1.54, 1.807) is 0 Å². The third kappa shape index (κ3) is 3.38. The summed E-state index contributed by atoms with van der Waals surface area (Å²) in [5.41, 5.74) is 8.21. The van der Waals surface area contributed by atoms with Crippen LogP contribution in [0.25, 0.3) is 10.9 Å². The zero-order chi connectivity index (χ0) is 16.1. The van der Waals surface area contributed by atoms with Crippen LogP contribution in [0.2, 0.25) is 0 Å². The van der Waals surface area contributed by atoms with Crippen LogP contribution in [-0.2, 0) is 6.42 Å². The van der Waals surface area contributed by atoms with Crippen LogP contribution in [0.5, 0.6) is 11.5 Å². The molecule has 2 aromatic rings. The molecule has 2 N–H and O–H groups in total. The number of fused-ring (bicyclic) bond motifs is 1. The van der Waals surface area contributed by atoms with Crippen molar-refractivity contribution in [2.75, 3.05) is 19.8 Å². The maximum atomic E-state index is 5.77. The van der Waals surface area contributed by atoms with E-state index in [0.29, 0.717) is 25.8 Å². The van der Waals surface area contributed by atoms with Crippen molar-refractivity contribution in [2.45, 2.75) is 46.6 Å². The minimum atomic E-state index is 0.404. The van der Waals surface area contributed by atoms with E-state index in [0.717, 1.165) is 24.3 Å². The summed E-state index contributed by atoms with van der Waals surface area (Å²) in [6.07, 6.45) is 4.23. The molecule has 0 amide bonds. The third-order valence-corrected chi connectivity index (χ3v) is 3.79. The van der Waals surface area contributed by atoms with E-state index in [1.807, 2.05) is 13.8 Å². The van der Waals surface area contributed by atoms with Gasteiger partial charge in [0, 0.05) is 23.7 Å². The lowest BCUT2D eigenvalue weighted by Gasteiger charge is -2.14. The first-order valence-electron chi connectivity index (χ1n) is 8.25. The summed E-state index contributed by atoms with van der Waals surface area (Å²) in [6.45, 7) is 10.4. The first kappa shape index (κ1) is 16.7. The number of hydrogen-bond acceptors (Lipinski definition) is 3. The molecule has 0 saturated carbocycles. The SMILES string of the molecule is CCOc1cc2c(CCCN)cn(C(C)C)c2cc1OCC. The van der Waals surface area contributed by atoms with Crippen LogP contribution >= 0.6 is 0 Å². The van der Waals surface area contributed by atoms with E-state index < -0.39 is 0 Å². The number of hydrogen-bond donors (Lipinski definition) is 1. The third-order valence-electron chi connectivity index (χ3n) is 3.79. The highest BCUT2D eigenvalue weighted by molar-refractivity contribution is 5.87. The second-order valence-corrected chi connectivity index (χ2v) is 5.73. The highest BCUT2D eigenvalue weighted by Gasteiger charge is 2.15. The predicted octanol–water partition coefficient (Wildman–Crippen LogP) is 3.91. The summed E-state index contributed by atoms with van der Waals surface area (Å²) in [5.74, 6) is 1.65. The van der Waals surface area contributed by atoms with E-state index in [-0.39, 0.29) is 0 Å². The Morgan fingerprint density at radius 3 is 2.27 bits per heavy atom. The molecule has 1 aromatic heterocycles. The van der Waals surface area contributed by atoms with Crippen LogP contribution in [0.4, 0.5) is 0 Å². The molecule has 0 aliphatic heterocycles. The van der Waals surface area contributed by atoms with Gasteiger partial charge >= 0.3 is 0 Å². The Labute approximate surface area is 133 Å². The van der Waals surface area contributed by atoms with Crippen LogP contribution in [0.3, 0.4) is 0 Å². The van der Waals surface area contributed by atoms with E-state index >= 15 is 0 Å². The quantitative estimate of drug-likeness (QED) is 0.804. The summed E-state index contributed by atoms with van der Waals surface area (Å²) >= 11 is 0. The van der Waals surface area contributed by atoms with Crippen molar-refractivity contribution in [3.05, 3.63) is 23.9 Å². The molecule has 4 heteroatoms. The molecule has 0 spiro atoms. The van der Waals surface area contributed by atoms with Gasteiger partial charge in [-0.3, -0.25) is 0 Å². The number of nitrogens with two attached hydrogens (primary N) is 1. The van der Waals surface area contributed by atoms with E-state index in [4.69, 9.17) is 15.2 Å². The number of rotatable bonds is 8. The molecule has 1 aromatic carbocycles. The normalized spacial score (nSPS) is 11.4. The first-order chi connectivity index (χ1) is 10.6. The van der Waals surface area contributed by atoms with Crippen molar-refractivity contribution in [3.63, 3.8) is 0 Å². The fourth-order valence-corrected chi connectivity index (χ4v) is 2.78. The lowest BCUT2D eigenvalue weighted by molar-refractivity contribution is 0.288. The van der Waals surface area contributed by atoms with Crippen molar-refractivity contribution >= 4 is 10.9 Å². The summed E-state index contributed by atoms with van der Waals surface area (Å²) in [7, 11) is 0. The molecule has 0 radical (unpaired) electrons. The van der Waals surface area contributed by atoms with Gasteiger partial charge in [-0.05, 0) is 58.7 Å². The molecular weight excluding hydrogens is 276 g/mol. The largest absolute Gasteiger partial charge is 0.490 e. The van der Waals surface area contributed by atoms with Gasteiger partial charge < -0.3 is 19.8 Å². The Hall–Kier alpha value is -1.68. The lowest BCUT2D eigenvalue weighted by Crippen LogP contribution is -2.01. The van der Waals surface area contributed by atoms with Crippen LogP contribution in [-0.4, -0.2) is 24.3 Å². The summed E-state index contributed by atoms with van der Waals surface area (Å²) < 4.78 is 13.8. The van der Waals surface area contributed by atoms with Crippen LogP contribution in [0.15, 0.2) is 18.3 Å². The topological polar surface area (TPSA) is 49.4 Å². The van der Waals surface area contributed by atoms with Crippen molar-refractivity contribution in [1.82, 2.24) is 4.57 Å². The molecule has 4 nitrogen and oxygen atoms in total. The monoisotopic (exact) mass is 304 g/mol. The van der Waals surface area contributed by atoms with Gasteiger partial charge in [0.2, 0.25) is 0 Å². The Balaban J connectivity index is 2.59. The van der Waals surface area contributed by atoms with Crippen LogP contribution in [0, 0.1) is 0 Å². The molecule has 1 heterocycles. The number of ether oxygens (including phenoxy) is 2. The molecule has 0 saturated heterocycles. The van der Waals surface area contributed by atoms with Gasteiger partial charge in [0.05, 0.1) is 18.7 Å². The molecule has 0 unspecified atom stereocenters. The van der Waals surface area contributed by atoms with Crippen LogP contribution in [0.1, 0.15) is 45.7 Å². The number of aryl methyl sites for hydroxylation is 1. The van der Waals surface area contributed by atoms with Crippen molar-refractivity contribution in [1.29, 1.82) is 0 Å². The zero-order valence-electron chi connectivity index (χ0n) is 14.2. The van der Waals surface area contributed by atoms with E-state index in [1.165, 1.54) is 16.5 Å². The van der Waals surface area contributed by atoms with Gasteiger partial charge in [-0.1, -0.05) is 0 Å². The van der Waals surface area contributed by atoms with Crippen molar-refractivity contribution in [2.24, 2.45) is 5.73 Å². The van der Waals surface area contributed by atoms with E-state index in [2.05, 4.69) is 36.7 Å². The Morgan fingerprint density at radius 1 is 1.09 bits per heavy atom. The van der Waals surface area contributed by atoms with Gasteiger partial charge in [0.1, 0.15) is 0 Å². The molecule has 0 fully saturated rings. The Kier molecular flexibility index (Phi) is 5.72. The fraction of sp³-hybridized carbons (Fsp3) is 0.556. The smallest absolute Gasteiger partial charge is 0.163 e. The molecule has 2 rings (SSSR count). The Morgan fingerprint density at radius 2 is 1.73 bits per heavy atom. The predicted molar refractivity (Wildman–Crippen MR) is 92.0 cm³/mol. The molecule has 0 bridgehead atoms. The van der Waals surface area contributed by atoms with Gasteiger partial charge in [-0.25, -0.2) is 0 Å². The molecule has 0 atom stereocenters. The van der Waals surface area contributed by atoms with Gasteiger partial charge in [-0.2, -0.15) is 0 Å². The molecular formula is C18H28N2O2. The first-order valence-corrected chi connectivity index (χ1v) is 8.25. The lowest BCUT2D eigenvalue weighted by atomic mass is 10.1. The average Bonchev–Trinajstić information content (AvgIpc) is 2.84. The summed E-state index contributed by atoms with van der Waals surface area (Å²) in [5, 5.41) is 1.24. The summed E-state index contributed by atoms with van der Waals surface area (Å²) in [6, 6.07) is 4.63. The fourth-order valence-electron chi connectivity index (χ4n) is 2.78. The van der Waals surface area contributed by atoms with Crippen LogP contribution < -0.4 is 15.2 Å². The minimum absolute atomic E-state index is 0.404.